The molecule has 0 fully saturated rings. The Morgan fingerprint density at radius 2 is 1.83 bits per heavy atom. The Kier molecular flexibility index (Phi) is 4.64. The van der Waals surface area contributed by atoms with Gasteiger partial charge in [0.05, 0.1) is 5.57 Å². The van der Waals surface area contributed by atoms with Crippen molar-refractivity contribution in [3.63, 3.8) is 0 Å². The molecule has 3 rings (SSSR count). The van der Waals surface area contributed by atoms with E-state index in [1.807, 2.05) is 6.07 Å². The number of hydrogen-bond donors (Lipinski definition) is 0. The van der Waals surface area contributed by atoms with E-state index in [2.05, 4.69) is 0 Å². The van der Waals surface area contributed by atoms with Crippen LogP contribution in [0.3, 0.4) is 0 Å². The average molecular weight is 338 g/mol. The van der Waals surface area contributed by atoms with E-state index in [1.165, 1.54) is 0 Å². The molecule has 0 unspecified atom stereocenters. The van der Waals surface area contributed by atoms with Gasteiger partial charge < -0.3 is 9.47 Å². The van der Waals surface area contributed by atoms with Crippen LogP contribution in [-0.4, -0.2) is 12.6 Å². The SMILES string of the molecule is N#CCOc1ccc(/C=C2\C=C(c3ccc(Cl)cc3)OC2=O)cc1. The molecule has 0 spiro atoms. The van der Waals surface area contributed by atoms with E-state index in [0.29, 0.717) is 22.1 Å². The van der Waals surface area contributed by atoms with E-state index < -0.39 is 5.97 Å². The van der Waals surface area contributed by atoms with E-state index in [1.54, 1.807) is 60.7 Å². The summed E-state index contributed by atoms with van der Waals surface area (Å²) in [6.07, 6.45) is 3.44. The molecular weight excluding hydrogens is 326 g/mol. The van der Waals surface area contributed by atoms with Gasteiger partial charge in [0.15, 0.2) is 6.61 Å². The first-order valence-electron chi connectivity index (χ1n) is 7.17. The summed E-state index contributed by atoms with van der Waals surface area (Å²) in [6.45, 7) is -0.0000478. The van der Waals surface area contributed by atoms with Gasteiger partial charge in [0.25, 0.3) is 0 Å². The summed E-state index contributed by atoms with van der Waals surface area (Å²) in [5.41, 5.74) is 2.09. The molecule has 0 atom stereocenters. The van der Waals surface area contributed by atoms with Crippen molar-refractivity contribution in [3.05, 3.63) is 76.3 Å². The highest BCUT2D eigenvalue weighted by molar-refractivity contribution is 6.30. The van der Waals surface area contributed by atoms with Crippen LogP contribution in [0.15, 0.2) is 60.2 Å². The molecule has 0 amide bonds. The zero-order valence-electron chi connectivity index (χ0n) is 12.5. The lowest BCUT2D eigenvalue weighted by atomic mass is 10.1. The number of benzene rings is 2. The molecule has 118 valence electrons. The third-order valence-electron chi connectivity index (χ3n) is 3.36. The highest BCUT2D eigenvalue weighted by atomic mass is 35.5. The monoisotopic (exact) mass is 337 g/mol. The maximum atomic E-state index is 12.0. The van der Waals surface area contributed by atoms with Crippen molar-refractivity contribution in [2.45, 2.75) is 0 Å². The van der Waals surface area contributed by atoms with Crippen LogP contribution in [0.25, 0.3) is 11.8 Å². The third-order valence-corrected chi connectivity index (χ3v) is 3.61. The number of cyclic esters (lactones) is 1. The van der Waals surface area contributed by atoms with Crippen LogP contribution < -0.4 is 4.74 Å². The number of rotatable bonds is 4. The standard InChI is InChI=1S/C19H12ClNO3/c20-16-5-3-14(4-6-16)18-12-15(19(22)24-18)11-13-1-7-17(8-2-13)23-10-9-21/h1-8,11-12H,10H2/b15-11+. The lowest BCUT2D eigenvalue weighted by Gasteiger charge is -2.01. The van der Waals surface area contributed by atoms with Crippen molar-refractivity contribution in [2.24, 2.45) is 0 Å². The first kappa shape index (κ1) is 15.9. The maximum Gasteiger partial charge on any atom is 0.343 e. The van der Waals surface area contributed by atoms with Crippen molar-refractivity contribution in [1.82, 2.24) is 0 Å². The molecule has 1 aliphatic heterocycles. The summed E-state index contributed by atoms with van der Waals surface area (Å²) in [7, 11) is 0. The Hall–Kier alpha value is -3.03. The molecule has 0 aliphatic carbocycles. The quantitative estimate of drug-likeness (QED) is 0.619. The van der Waals surface area contributed by atoms with Gasteiger partial charge in [-0.1, -0.05) is 23.7 Å². The number of halogens is 1. The summed E-state index contributed by atoms with van der Waals surface area (Å²) in [5.74, 6) is 0.701. The molecule has 0 aromatic heterocycles. The second-order valence-corrected chi connectivity index (χ2v) is 5.46. The number of carbonyl (C=O) groups excluding carboxylic acids is 1. The van der Waals surface area contributed by atoms with Gasteiger partial charge in [-0.05, 0) is 54.1 Å². The van der Waals surface area contributed by atoms with Crippen molar-refractivity contribution in [1.29, 1.82) is 5.26 Å². The Labute approximate surface area is 144 Å². The number of carbonyl (C=O) groups is 1. The first-order valence-corrected chi connectivity index (χ1v) is 7.55. The average Bonchev–Trinajstić information content (AvgIpc) is 2.95. The molecule has 1 aliphatic rings. The number of nitriles is 1. The van der Waals surface area contributed by atoms with Crippen LogP contribution in [0.5, 0.6) is 5.75 Å². The molecule has 0 saturated heterocycles. The smallest absolute Gasteiger partial charge is 0.343 e. The van der Waals surface area contributed by atoms with Gasteiger partial charge in [-0.3, -0.25) is 0 Å². The summed E-state index contributed by atoms with van der Waals surface area (Å²) in [5, 5.41) is 9.11. The fourth-order valence-corrected chi connectivity index (χ4v) is 2.33. The molecule has 24 heavy (non-hydrogen) atoms. The van der Waals surface area contributed by atoms with E-state index >= 15 is 0 Å². The van der Waals surface area contributed by atoms with Crippen LogP contribution in [0.4, 0.5) is 0 Å². The van der Waals surface area contributed by atoms with E-state index in [4.69, 9.17) is 26.3 Å². The van der Waals surface area contributed by atoms with Gasteiger partial charge in [0.1, 0.15) is 17.6 Å². The molecule has 0 radical (unpaired) electrons. The number of esters is 1. The summed E-state index contributed by atoms with van der Waals surface area (Å²) < 4.78 is 10.5. The predicted molar refractivity (Wildman–Crippen MR) is 91.0 cm³/mol. The molecule has 0 saturated carbocycles. The molecule has 4 nitrogen and oxygen atoms in total. The number of nitrogens with zero attached hydrogens (tertiary/aromatic N) is 1. The number of ether oxygens (including phenoxy) is 2. The summed E-state index contributed by atoms with van der Waals surface area (Å²) in [6, 6.07) is 16.1. The molecule has 2 aromatic carbocycles. The second kappa shape index (κ2) is 7.03. The third kappa shape index (κ3) is 3.65. The lowest BCUT2D eigenvalue weighted by molar-refractivity contribution is -0.130. The van der Waals surface area contributed by atoms with Crippen molar-refractivity contribution < 1.29 is 14.3 Å². The van der Waals surface area contributed by atoms with Gasteiger partial charge in [0.2, 0.25) is 0 Å². The van der Waals surface area contributed by atoms with Gasteiger partial charge in [-0.25, -0.2) is 4.79 Å². The Bertz CT molecular complexity index is 859. The van der Waals surface area contributed by atoms with Gasteiger partial charge in [0, 0.05) is 10.6 Å². The Morgan fingerprint density at radius 1 is 1.12 bits per heavy atom. The predicted octanol–water partition coefficient (Wildman–Crippen LogP) is 4.22. The zero-order chi connectivity index (χ0) is 16.9. The summed E-state index contributed by atoms with van der Waals surface area (Å²) >= 11 is 5.86. The van der Waals surface area contributed by atoms with E-state index in [9.17, 15) is 4.79 Å². The molecule has 0 bridgehead atoms. The van der Waals surface area contributed by atoms with Gasteiger partial charge >= 0.3 is 5.97 Å². The number of hydrogen-bond acceptors (Lipinski definition) is 4. The van der Waals surface area contributed by atoms with Crippen molar-refractivity contribution in [2.75, 3.05) is 6.61 Å². The fourth-order valence-electron chi connectivity index (χ4n) is 2.20. The van der Waals surface area contributed by atoms with Gasteiger partial charge in [-0.15, -0.1) is 0 Å². The minimum atomic E-state index is -0.398. The fraction of sp³-hybridized carbons (Fsp3) is 0.0526. The largest absolute Gasteiger partial charge is 0.479 e. The van der Waals surface area contributed by atoms with Crippen LogP contribution >= 0.6 is 11.6 Å². The Balaban J connectivity index is 1.80. The molecule has 5 heteroatoms. The van der Waals surface area contributed by atoms with Crippen molar-refractivity contribution in [3.8, 4) is 11.8 Å². The highest BCUT2D eigenvalue weighted by Crippen LogP contribution is 2.28. The van der Waals surface area contributed by atoms with E-state index in [-0.39, 0.29) is 6.61 Å². The summed E-state index contributed by atoms with van der Waals surface area (Å²) in [4.78, 5) is 12.0. The highest BCUT2D eigenvalue weighted by Gasteiger charge is 2.21. The van der Waals surface area contributed by atoms with Crippen LogP contribution in [0, 0.1) is 11.3 Å². The molecular formula is C19H12ClNO3. The normalized spacial score (nSPS) is 14.9. The van der Waals surface area contributed by atoms with Crippen molar-refractivity contribution >= 4 is 29.4 Å². The minimum absolute atomic E-state index is 0.0000478. The minimum Gasteiger partial charge on any atom is -0.479 e. The van der Waals surface area contributed by atoms with Crippen LogP contribution in [0.1, 0.15) is 11.1 Å². The first-order chi connectivity index (χ1) is 11.7. The van der Waals surface area contributed by atoms with Crippen LogP contribution in [-0.2, 0) is 9.53 Å². The topological polar surface area (TPSA) is 59.3 Å². The van der Waals surface area contributed by atoms with Crippen LogP contribution in [0.2, 0.25) is 5.02 Å². The molecule has 2 aromatic rings. The lowest BCUT2D eigenvalue weighted by Crippen LogP contribution is -1.97. The Morgan fingerprint density at radius 3 is 2.50 bits per heavy atom. The second-order valence-electron chi connectivity index (χ2n) is 5.02. The maximum absolute atomic E-state index is 12.0. The molecule has 1 heterocycles. The molecule has 0 N–H and O–H groups in total. The van der Waals surface area contributed by atoms with Gasteiger partial charge in [-0.2, -0.15) is 5.26 Å². The van der Waals surface area contributed by atoms with E-state index in [0.717, 1.165) is 11.1 Å². The zero-order valence-corrected chi connectivity index (χ0v) is 13.3.